The van der Waals surface area contributed by atoms with E-state index in [0.29, 0.717) is 16.8 Å². The summed E-state index contributed by atoms with van der Waals surface area (Å²) in [7, 11) is 0. The van der Waals surface area contributed by atoms with Gasteiger partial charge in [-0.15, -0.1) is 0 Å². The molecule has 0 amide bonds. The third-order valence-electron chi connectivity index (χ3n) is 3.63. The van der Waals surface area contributed by atoms with Gasteiger partial charge in [-0.2, -0.15) is 18.3 Å². The van der Waals surface area contributed by atoms with E-state index in [0.717, 1.165) is 6.07 Å². The summed E-state index contributed by atoms with van der Waals surface area (Å²) in [5.41, 5.74) is 2.69. The summed E-state index contributed by atoms with van der Waals surface area (Å²) in [5, 5.41) is 17.3. The molecule has 0 unspecified atom stereocenters. The number of nitrogens with one attached hydrogen (secondary N) is 2. The molecule has 0 spiro atoms. The maximum absolute atomic E-state index is 13.0. The second-order valence-corrected chi connectivity index (χ2v) is 5.97. The molecular weight excluding hydrogens is 381 g/mol. The summed E-state index contributed by atoms with van der Waals surface area (Å²) in [6, 6.07) is 9.50. The number of nitro benzene ring substituents is 1. The first-order valence-corrected chi connectivity index (χ1v) is 8.03. The summed E-state index contributed by atoms with van der Waals surface area (Å²) >= 11 is 4.97. The summed E-state index contributed by atoms with van der Waals surface area (Å²) in [4.78, 5) is 10.5. The Labute approximate surface area is 158 Å². The zero-order valence-corrected chi connectivity index (χ0v) is 15.1. The van der Waals surface area contributed by atoms with Crippen molar-refractivity contribution in [2.45, 2.75) is 20.0 Å². The van der Waals surface area contributed by atoms with E-state index in [2.05, 4.69) is 15.8 Å². The van der Waals surface area contributed by atoms with Gasteiger partial charge in [0.25, 0.3) is 5.69 Å². The third kappa shape index (κ3) is 5.23. The maximum atomic E-state index is 13.0. The molecule has 10 heteroatoms. The SMILES string of the molecule is C/C(=N/NC(=S)Nc1ccccc1C(F)(F)F)c1ccc(C)c([N+](=O)[O-])c1. The van der Waals surface area contributed by atoms with Crippen LogP contribution in [0.5, 0.6) is 0 Å². The molecule has 2 rings (SSSR count). The predicted molar refractivity (Wildman–Crippen MR) is 101 cm³/mol. The molecule has 0 atom stereocenters. The van der Waals surface area contributed by atoms with Gasteiger partial charge in [-0.05, 0) is 38.2 Å². The van der Waals surface area contributed by atoms with Crippen molar-refractivity contribution in [2.24, 2.45) is 5.10 Å². The lowest BCUT2D eigenvalue weighted by Crippen LogP contribution is -2.26. The molecule has 0 fully saturated rings. The predicted octanol–water partition coefficient (Wildman–Crippen LogP) is 4.63. The molecule has 2 aromatic rings. The van der Waals surface area contributed by atoms with E-state index < -0.39 is 16.7 Å². The fourth-order valence-electron chi connectivity index (χ4n) is 2.22. The fraction of sp³-hybridized carbons (Fsp3) is 0.176. The molecule has 0 saturated carbocycles. The van der Waals surface area contributed by atoms with Crippen LogP contribution in [0, 0.1) is 17.0 Å². The van der Waals surface area contributed by atoms with E-state index >= 15 is 0 Å². The molecule has 2 aromatic carbocycles. The van der Waals surface area contributed by atoms with Crippen molar-refractivity contribution in [1.82, 2.24) is 5.43 Å². The van der Waals surface area contributed by atoms with Gasteiger partial charge in [0.1, 0.15) is 0 Å². The number of aryl methyl sites for hydroxylation is 1. The summed E-state index contributed by atoms with van der Waals surface area (Å²) in [6.45, 7) is 3.21. The Morgan fingerprint density at radius 1 is 1.22 bits per heavy atom. The lowest BCUT2D eigenvalue weighted by atomic mass is 10.1. The van der Waals surface area contributed by atoms with Crippen LogP contribution in [0.2, 0.25) is 0 Å². The molecule has 0 radical (unpaired) electrons. The number of anilines is 1. The Hall–Kier alpha value is -3.01. The van der Waals surface area contributed by atoms with Crippen LogP contribution in [0.4, 0.5) is 24.5 Å². The number of halogens is 3. The van der Waals surface area contributed by atoms with E-state index in [1.807, 2.05) is 0 Å². The summed E-state index contributed by atoms with van der Waals surface area (Å²) in [6.07, 6.45) is -4.53. The minimum absolute atomic E-state index is 0.0538. The average Bonchev–Trinajstić information content (AvgIpc) is 2.59. The Morgan fingerprint density at radius 3 is 2.52 bits per heavy atom. The normalized spacial score (nSPS) is 11.8. The topological polar surface area (TPSA) is 79.6 Å². The number of rotatable bonds is 4. The molecule has 0 heterocycles. The maximum Gasteiger partial charge on any atom is 0.418 e. The van der Waals surface area contributed by atoms with Gasteiger partial charge in [-0.25, -0.2) is 0 Å². The van der Waals surface area contributed by atoms with Crippen molar-refractivity contribution in [3.8, 4) is 0 Å². The van der Waals surface area contributed by atoms with Gasteiger partial charge >= 0.3 is 6.18 Å². The Morgan fingerprint density at radius 2 is 1.89 bits per heavy atom. The molecule has 0 aliphatic carbocycles. The highest BCUT2D eigenvalue weighted by Gasteiger charge is 2.33. The molecule has 0 aliphatic rings. The Balaban J connectivity index is 2.14. The second kappa shape index (κ2) is 8.12. The van der Waals surface area contributed by atoms with Crippen LogP contribution in [-0.4, -0.2) is 15.7 Å². The van der Waals surface area contributed by atoms with Crippen LogP contribution in [0.3, 0.4) is 0 Å². The molecule has 27 heavy (non-hydrogen) atoms. The van der Waals surface area contributed by atoms with Crippen LogP contribution in [-0.2, 0) is 6.18 Å². The molecule has 2 N–H and O–H groups in total. The summed E-state index contributed by atoms with van der Waals surface area (Å²) in [5.74, 6) is 0. The van der Waals surface area contributed by atoms with E-state index in [1.165, 1.54) is 24.3 Å². The van der Waals surface area contributed by atoms with Crippen LogP contribution < -0.4 is 10.7 Å². The largest absolute Gasteiger partial charge is 0.418 e. The van der Waals surface area contributed by atoms with Gasteiger partial charge in [0, 0.05) is 17.2 Å². The Bertz CT molecular complexity index is 913. The molecule has 142 valence electrons. The number of hydrogen-bond acceptors (Lipinski definition) is 4. The van der Waals surface area contributed by atoms with Crippen molar-refractivity contribution < 1.29 is 18.1 Å². The van der Waals surface area contributed by atoms with Crippen LogP contribution in [0.25, 0.3) is 0 Å². The number of para-hydroxylation sites is 1. The van der Waals surface area contributed by atoms with Gasteiger partial charge in [0.15, 0.2) is 5.11 Å². The molecule has 0 saturated heterocycles. The number of hydrogen-bond donors (Lipinski definition) is 2. The molecule has 6 nitrogen and oxygen atoms in total. The van der Waals surface area contributed by atoms with Crippen molar-refractivity contribution in [3.63, 3.8) is 0 Å². The van der Waals surface area contributed by atoms with Gasteiger partial charge in [0.05, 0.1) is 21.9 Å². The highest BCUT2D eigenvalue weighted by atomic mass is 32.1. The highest BCUT2D eigenvalue weighted by molar-refractivity contribution is 7.80. The van der Waals surface area contributed by atoms with Crippen LogP contribution in [0.1, 0.15) is 23.6 Å². The first kappa shape index (κ1) is 20.3. The minimum atomic E-state index is -4.53. The highest BCUT2D eigenvalue weighted by Crippen LogP contribution is 2.34. The zero-order valence-electron chi connectivity index (χ0n) is 14.3. The van der Waals surface area contributed by atoms with Gasteiger partial charge in [-0.3, -0.25) is 15.5 Å². The van der Waals surface area contributed by atoms with E-state index in [1.54, 1.807) is 26.0 Å². The van der Waals surface area contributed by atoms with Gasteiger partial charge < -0.3 is 5.32 Å². The van der Waals surface area contributed by atoms with Crippen LogP contribution >= 0.6 is 12.2 Å². The first-order valence-electron chi connectivity index (χ1n) is 7.62. The van der Waals surface area contributed by atoms with Crippen molar-refractivity contribution in [1.29, 1.82) is 0 Å². The lowest BCUT2D eigenvalue weighted by molar-refractivity contribution is -0.385. The Kier molecular flexibility index (Phi) is 6.11. The number of hydrazone groups is 1. The quantitative estimate of drug-likeness (QED) is 0.341. The van der Waals surface area contributed by atoms with Crippen molar-refractivity contribution in [3.05, 3.63) is 69.3 Å². The lowest BCUT2D eigenvalue weighted by Gasteiger charge is -2.14. The standard InChI is InChI=1S/C17H15F3N4O2S/c1-10-7-8-12(9-15(10)24(25)26)11(2)22-23-16(27)21-14-6-4-3-5-13(14)17(18,19)20/h3-9H,1-2H3,(H2,21,23,27)/b22-11-. The van der Waals surface area contributed by atoms with Crippen LogP contribution in [0.15, 0.2) is 47.6 Å². The minimum Gasteiger partial charge on any atom is -0.331 e. The van der Waals surface area contributed by atoms with E-state index in [9.17, 15) is 23.3 Å². The van der Waals surface area contributed by atoms with Gasteiger partial charge in [0.2, 0.25) is 0 Å². The molecule has 0 aromatic heterocycles. The summed E-state index contributed by atoms with van der Waals surface area (Å²) < 4.78 is 39.0. The van der Waals surface area contributed by atoms with E-state index in [-0.39, 0.29) is 16.5 Å². The average molecular weight is 396 g/mol. The number of nitro groups is 1. The third-order valence-corrected chi connectivity index (χ3v) is 3.82. The smallest absolute Gasteiger partial charge is 0.331 e. The number of alkyl halides is 3. The first-order chi connectivity index (χ1) is 12.6. The molecule has 0 aliphatic heterocycles. The number of thiocarbonyl (C=S) groups is 1. The monoisotopic (exact) mass is 396 g/mol. The zero-order chi connectivity index (χ0) is 20.2. The molecular formula is C17H15F3N4O2S. The number of benzene rings is 2. The second-order valence-electron chi connectivity index (χ2n) is 5.56. The van der Waals surface area contributed by atoms with Crippen molar-refractivity contribution >= 4 is 34.4 Å². The fourth-order valence-corrected chi connectivity index (χ4v) is 2.38. The number of nitrogens with zero attached hydrogens (tertiary/aromatic N) is 2. The van der Waals surface area contributed by atoms with E-state index in [4.69, 9.17) is 12.2 Å². The van der Waals surface area contributed by atoms with Crippen molar-refractivity contribution in [2.75, 3.05) is 5.32 Å². The van der Waals surface area contributed by atoms with Gasteiger partial charge in [-0.1, -0.05) is 24.3 Å². The molecule has 0 bridgehead atoms.